The SMILES string of the molecule is CCOc1ccc(C(=O)NNC(=O)Cc2ccc(OC)c(OC)c2)cc1OCC. The number of methoxy groups -OCH3 is 2. The molecule has 8 heteroatoms. The van der Waals surface area contributed by atoms with Gasteiger partial charge >= 0.3 is 0 Å². The van der Waals surface area contributed by atoms with E-state index in [1.54, 1.807) is 36.4 Å². The molecule has 8 nitrogen and oxygen atoms in total. The van der Waals surface area contributed by atoms with Gasteiger partial charge in [-0.1, -0.05) is 6.07 Å². The zero-order valence-corrected chi connectivity index (χ0v) is 17.0. The highest BCUT2D eigenvalue weighted by Crippen LogP contribution is 2.29. The van der Waals surface area contributed by atoms with Crippen LogP contribution in [0.3, 0.4) is 0 Å². The molecule has 0 saturated heterocycles. The van der Waals surface area contributed by atoms with Gasteiger partial charge in [0.25, 0.3) is 5.91 Å². The van der Waals surface area contributed by atoms with Crippen molar-refractivity contribution >= 4 is 11.8 Å². The average molecular weight is 402 g/mol. The van der Waals surface area contributed by atoms with Gasteiger partial charge in [-0.3, -0.25) is 20.4 Å². The predicted octanol–water partition coefficient (Wildman–Crippen LogP) is 2.50. The lowest BCUT2D eigenvalue weighted by atomic mass is 10.1. The molecule has 2 aromatic rings. The van der Waals surface area contributed by atoms with Crippen molar-refractivity contribution in [1.29, 1.82) is 0 Å². The Balaban J connectivity index is 1.98. The minimum absolute atomic E-state index is 0.0636. The monoisotopic (exact) mass is 402 g/mol. The molecule has 2 rings (SSSR count). The Morgan fingerprint density at radius 1 is 0.793 bits per heavy atom. The average Bonchev–Trinajstić information content (AvgIpc) is 2.73. The first kappa shape index (κ1) is 21.9. The van der Waals surface area contributed by atoms with E-state index in [9.17, 15) is 9.59 Å². The Hall–Kier alpha value is -3.42. The minimum Gasteiger partial charge on any atom is -0.493 e. The van der Waals surface area contributed by atoms with Crippen molar-refractivity contribution in [3.8, 4) is 23.0 Å². The van der Waals surface area contributed by atoms with Gasteiger partial charge in [-0.25, -0.2) is 0 Å². The zero-order valence-electron chi connectivity index (χ0n) is 17.0. The van der Waals surface area contributed by atoms with Gasteiger partial charge in [0.2, 0.25) is 5.91 Å². The number of hydrogen-bond acceptors (Lipinski definition) is 6. The van der Waals surface area contributed by atoms with Crippen LogP contribution in [0.25, 0.3) is 0 Å². The summed E-state index contributed by atoms with van der Waals surface area (Å²) in [4.78, 5) is 24.5. The predicted molar refractivity (Wildman–Crippen MR) is 108 cm³/mol. The van der Waals surface area contributed by atoms with E-state index in [0.717, 1.165) is 0 Å². The topological polar surface area (TPSA) is 95.1 Å². The summed E-state index contributed by atoms with van der Waals surface area (Å²) >= 11 is 0. The molecule has 0 radical (unpaired) electrons. The van der Waals surface area contributed by atoms with Crippen molar-refractivity contribution < 1.29 is 28.5 Å². The number of hydrazine groups is 1. The van der Waals surface area contributed by atoms with Gasteiger partial charge < -0.3 is 18.9 Å². The third-order valence-electron chi connectivity index (χ3n) is 3.93. The molecule has 0 aliphatic carbocycles. The Kier molecular flexibility index (Phi) is 8.14. The third-order valence-corrected chi connectivity index (χ3v) is 3.93. The van der Waals surface area contributed by atoms with Crippen molar-refractivity contribution in [2.24, 2.45) is 0 Å². The number of rotatable bonds is 9. The highest BCUT2D eigenvalue weighted by molar-refractivity contribution is 5.96. The second kappa shape index (κ2) is 10.8. The van der Waals surface area contributed by atoms with Gasteiger partial charge in [0, 0.05) is 5.56 Å². The fraction of sp³-hybridized carbons (Fsp3) is 0.333. The van der Waals surface area contributed by atoms with E-state index in [0.29, 0.717) is 47.3 Å². The molecule has 0 fully saturated rings. The first-order valence-electron chi connectivity index (χ1n) is 9.22. The second-order valence-electron chi connectivity index (χ2n) is 5.90. The van der Waals surface area contributed by atoms with E-state index >= 15 is 0 Å². The Bertz CT molecular complexity index is 853. The number of carbonyl (C=O) groups is 2. The van der Waals surface area contributed by atoms with Crippen LogP contribution in [0.1, 0.15) is 29.8 Å². The van der Waals surface area contributed by atoms with Crippen LogP contribution < -0.4 is 29.8 Å². The van der Waals surface area contributed by atoms with Crippen LogP contribution in [0.4, 0.5) is 0 Å². The number of nitrogens with one attached hydrogen (secondary N) is 2. The zero-order chi connectivity index (χ0) is 21.2. The fourth-order valence-corrected chi connectivity index (χ4v) is 2.61. The highest BCUT2D eigenvalue weighted by Gasteiger charge is 2.13. The van der Waals surface area contributed by atoms with Crippen molar-refractivity contribution in [3.63, 3.8) is 0 Å². The third kappa shape index (κ3) is 6.03. The largest absolute Gasteiger partial charge is 0.493 e. The maximum Gasteiger partial charge on any atom is 0.269 e. The fourth-order valence-electron chi connectivity index (χ4n) is 2.61. The van der Waals surface area contributed by atoms with E-state index in [-0.39, 0.29) is 12.3 Å². The summed E-state index contributed by atoms with van der Waals surface area (Å²) in [6, 6.07) is 10.0. The molecule has 156 valence electrons. The number of amides is 2. The smallest absolute Gasteiger partial charge is 0.269 e. The molecule has 29 heavy (non-hydrogen) atoms. The second-order valence-corrected chi connectivity index (χ2v) is 5.90. The standard InChI is InChI=1S/C21H26N2O6/c1-5-28-17-10-8-15(13-19(17)29-6-2)21(25)23-22-20(24)12-14-7-9-16(26-3)18(11-14)27-4/h7-11,13H,5-6,12H2,1-4H3,(H,22,24)(H,23,25). The molecule has 0 heterocycles. The molecule has 0 aliphatic rings. The molecule has 0 aliphatic heterocycles. The maximum absolute atomic E-state index is 12.4. The number of ether oxygens (including phenoxy) is 4. The van der Waals surface area contributed by atoms with Gasteiger partial charge in [-0.2, -0.15) is 0 Å². The molecule has 2 amide bonds. The van der Waals surface area contributed by atoms with Gasteiger partial charge in [-0.15, -0.1) is 0 Å². The van der Waals surface area contributed by atoms with Crippen LogP contribution in [0.15, 0.2) is 36.4 Å². The molecule has 0 saturated carbocycles. The van der Waals surface area contributed by atoms with E-state index < -0.39 is 5.91 Å². The molecule has 0 atom stereocenters. The van der Waals surface area contributed by atoms with Gasteiger partial charge in [0.05, 0.1) is 33.9 Å². The molecular formula is C21H26N2O6. The highest BCUT2D eigenvalue weighted by atomic mass is 16.5. The van der Waals surface area contributed by atoms with Crippen LogP contribution in [0.2, 0.25) is 0 Å². The van der Waals surface area contributed by atoms with Crippen LogP contribution >= 0.6 is 0 Å². The first-order valence-corrected chi connectivity index (χ1v) is 9.22. The summed E-state index contributed by atoms with van der Waals surface area (Å²) in [5.41, 5.74) is 5.86. The summed E-state index contributed by atoms with van der Waals surface area (Å²) in [6.07, 6.45) is 0.0636. The molecule has 2 aromatic carbocycles. The van der Waals surface area contributed by atoms with Gasteiger partial charge in [0.1, 0.15) is 0 Å². The minimum atomic E-state index is -0.463. The summed E-state index contributed by atoms with van der Waals surface area (Å²) in [7, 11) is 3.06. The molecule has 0 spiro atoms. The molecule has 0 bridgehead atoms. The molecule has 0 aromatic heterocycles. The normalized spacial score (nSPS) is 10.1. The lowest BCUT2D eigenvalue weighted by molar-refractivity contribution is -0.121. The van der Waals surface area contributed by atoms with Crippen molar-refractivity contribution in [1.82, 2.24) is 10.9 Å². The molecular weight excluding hydrogens is 376 g/mol. The van der Waals surface area contributed by atoms with Crippen LogP contribution in [-0.2, 0) is 11.2 Å². The molecule has 0 unspecified atom stereocenters. The van der Waals surface area contributed by atoms with Crippen LogP contribution in [0.5, 0.6) is 23.0 Å². The van der Waals surface area contributed by atoms with Crippen molar-refractivity contribution in [2.75, 3.05) is 27.4 Å². The van der Waals surface area contributed by atoms with Crippen molar-refractivity contribution in [2.45, 2.75) is 20.3 Å². The van der Waals surface area contributed by atoms with E-state index in [4.69, 9.17) is 18.9 Å². The van der Waals surface area contributed by atoms with Crippen molar-refractivity contribution in [3.05, 3.63) is 47.5 Å². The number of carbonyl (C=O) groups excluding carboxylic acids is 2. The lowest BCUT2D eigenvalue weighted by Gasteiger charge is -2.13. The summed E-state index contributed by atoms with van der Waals surface area (Å²) in [5, 5.41) is 0. The summed E-state index contributed by atoms with van der Waals surface area (Å²) in [6.45, 7) is 4.63. The Morgan fingerprint density at radius 3 is 2.10 bits per heavy atom. The first-order chi connectivity index (χ1) is 14.0. The van der Waals surface area contributed by atoms with E-state index in [2.05, 4.69) is 10.9 Å². The maximum atomic E-state index is 12.4. The Labute approximate surface area is 170 Å². The Morgan fingerprint density at radius 2 is 1.45 bits per heavy atom. The van der Waals surface area contributed by atoms with E-state index in [1.165, 1.54) is 14.2 Å². The van der Waals surface area contributed by atoms with Crippen LogP contribution in [0, 0.1) is 0 Å². The number of benzene rings is 2. The number of hydrogen-bond donors (Lipinski definition) is 2. The lowest BCUT2D eigenvalue weighted by Crippen LogP contribution is -2.42. The quantitative estimate of drug-likeness (QED) is 0.626. The molecule has 2 N–H and O–H groups in total. The van der Waals surface area contributed by atoms with Gasteiger partial charge in [0.15, 0.2) is 23.0 Å². The summed E-state index contributed by atoms with van der Waals surface area (Å²) in [5.74, 6) is 1.29. The summed E-state index contributed by atoms with van der Waals surface area (Å²) < 4.78 is 21.4. The van der Waals surface area contributed by atoms with E-state index in [1.807, 2.05) is 13.8 Å². The van der Waals surface area contributed by atoms with Crippen LogP contribution in [-0.4, -0.2) is 39.2 Å². The van der Waals surface area contributed by atoms with Gasteiger partial charge in [-0.05, 0) is 49.7 Å².